The van der Waals surface area contributed by atoms with E-state index in [4.69, 9.17) is 4.74 Å². The molecule has 0 aliphatic rings. The second-order valence-corrected chi connectivity index (χ2v) is 3.98. The molecule has 0 amide bonds. The van der Waals surface area contributed by atoms with Crippen LogP contribution in [0.15, 0.2) is 0 Å². The van der Waals surface area contributed by atoms with Crippen LogP contribution in [-0.4, -0.2) is 50.2 Å². The minimum atomic E-state index is -0.0778. The smallest absolute Gasteiger partial charge is 0.305 e. The third kappa shape index (κ3) is 11.4. The van der Waals surface area contributed by atoms with Crippen molar-refractivity contribution in [2.24, 2.45) is 0 Å². The fraction of sp³-hybridized carbons (Fsp3) is 0.889. The fourth-order valence-corrected chi connectivity index (χ4v) is 0.710. The third-order valence-electron chi connectivity index (χ3n) is 1.48. The Morgan fingerprint density at radius 3 is 2.23 bits per heavy atom. The molecule has 0 fully saturated rings. The zero-order valence-corrected chi connectivity index (χ0v) is 9.04. The van der Waals surface area contributed by atoms with Crippen molar-refractivity contribution in [1.82, 2.24) is 0 Å². The number of likely N-dealkylation sites (N-methyl/N-ethyl adjacent to an activating group) is 1. The maximum atomic E-state index is 10.9. The quantitative estimate of drug-likeness (QED) is 0.478. The van der Waals surface area contributed by atoms with Gasteiger partial charge in [-0.2, -0.15) is 0 Å². The first-order valence-electron chi connectivity index (χ1n) is 4.42. The topological polar surface area (TPSA) is 56.3 Å². The summed E-state index contributed by atoms with van der Waals surface area (Å²) in [5.41, 5.74) is 0. The van der Waals surface area contributed by atoms with Crippen LogP contribution in [0.5, 0.6) is 0 Å². The first kappa shape index (κ1) is 14.9. The number of carbonyl (C=O) groups is 1. The summed E-state index contributed by atoms with van der Waals surface area (Å²) in [5, 5.41) is 0. The van der Waals surface area contributed by atoms with Gasteiger partial charge in [-0.25, -0.2) is 0 Å². The minimum Gasteiger partial charge on any atom is -0.870 e. The summed E-state index contributed by atoms with van der Waals surface area (Å²) >= 11 is 0. The van der Waals surface area contributed by atoms with E-state index in [1.54, 1.807) is 0 Å². The first-order valence-corrected chi connectivity index (χ1v) is 4.42. The lowest BCUT2D eigenvalue weighted by molar-refractivity contribution is -0.870. The van der Waals surface area contributed by atoms with Crippen LogP contribution in [-0.2, 0) is 9.53 Å². The molecule has 0 unspecified atom stereocenters. The van der Waals surface area contributed by atoms with E-state index in [0.717, 1.165) is 17.4 Å². The van der Waals surface area contributed by atoms with Gasteiger partial charge in [-0.05, 0) is 6.42 Å². The molecular formula is C9H21NO3. The van der Waals surface area contributed by atoms with Crippen molar-refractivity contribution in [3.05, 3.63) is 0 Å². The largest absolute Gasteiger partial charge is 0.870 e. The molecule has 0 rings (SSSR count). The van der Waals surface area contributed by atoms with Crippen LogP contribution in [0.3, 0.4) is 0 Å². The molecule has 80 valence electrons. The molecule has 0 aliphatic heterocycles. The standard InChI is InChI=1S/C9H20NO2.H2O/c1-5-6-9(11)12-8-7-10(2,3)4;/h5-8H2,1-4H3;1H2/q+1;/p-1. The van der Waals surface area contributed by atoms with E-state index in [0.29, 0.717) is 13.0 Å². The Morgan fingerprint density at radius 1 is 1.31 bits per heavy atom. The summed E-state index contributed by atoms with van der Waals surface area (Å²) in [6.45, 7) is 3.37. The normalized spacial score (nSPS) is 10.5. The van der Waals surface area contributed by atoms with Crippen LogP contribution in [0.25, 0.3) is 0 Å². The van der Waals surface area contributed by atoms with Crippen LogP contribution in [0.1, 0.15) is 19.8 Å². The average molecular weight is 191 g/mol. The Kier molecular flexibility index (Phi) is 7.85. The highest BCUT2D eigenvalue weighted by atomic mass is 16.5. The molecule has 4 heteroatoms. The molecule has 1 N–H and O–H groups in total. The molecule has 0 spiro atoms. The highest BCUT2D eigenvalue weighted by molar-refractivity contribution is 5.69. The van der Waals surface area contributed by atoms with Gasteiger partial charge < -0.3 is 14.7 Å². The van der Waals surface area contributed by atoms with Crippen molar-refractivity contribution in [3.63, 3.8) is 0 Å². The predicted octanol–water partition coefficient (Wildman–Crippen LogP) is 0.859. The van der Waals surface area contributed by atoms with E-state index >= 15 is 0 Å². The molecule has 0 saturated heterocycles. The van der Waals surface area contributed by atoms with Gasteiger partial charge in [0.1, 0.15) is 13.2 Å². The number of hydrogen-bond acceptors (Lipinski definition) is 3. The Hall–Kier alpha value is -0.610. The summed E-state index contributed by atoms with van der Waals surface area (Å²) < 4.78 is 5.84. The van der Waals surface area contributed by atoms with E-state index < -0.39 is 0 Å². The molecule has 0 aromatic heterocycles. The van der Waals surface area contributed by atoms with Gasteiger partial charge in [0, 0.05) is 6.42 Å². The first-order chi connectivity index (χ1) is 5.45. The van der Waals surface area contributed by atoms with Gasteiger partial charge >= 0.3 is 5.97 Å². The molecule has 0 saturated carbocycles. The second-order valence-electron chi connectivity index (χ2n) is 3.98. The molecule has 0 bridgehead atoms. The van der Waals surface area contributed by atoms with Crippen molar-refractivity contribution in [2.75, 3.05) is 34.3 Å². The summed E-state index contributed by atoms with van der Waals surface area (Å²) in [6, 6.07) is 0. The molecule has 13 heavy (non-hydrogen) atoms. The Labute approximate surface area is 80.4 Å². The highest BCUT2D eigenvalue weighted by Crippen LogP contribution is 1.93. The minimum absolute atomic E-state index is 0. The van der Waals surface area contributed by atoms with E-state index in [9.17, 15) is 4.79 Å². The lowest BCUT2D eigenvalue weighted by atomic mass is 10.3. The zero-order valence-electron chi connectivity index (χ0n) is 9.04. The van der Waals surface area contributed by atoms with Crippen molar-refractivity contribution in [2.45, 2.75) is 19.8 Å². The summed E-state index contributed by atoms with van der Waals surface area (Å²) in [4.78, 5) is 10.9. The second kappa shape index (κ2) is 6.86. The van der Waals surface area contributed by atoms with Gasteiger partial charge in [0.2, 0.25) is 0 Å². The third-order valence-corrected chi connectivity index (χ3v) is 1.48. The van der Waals surface area contributed by atoms with E-state index in [2.05, 4.69) is 21.1 Å². The van der Waals surface area contributed by atoms with Crippen molar-refractivity contribution >= 4 is 5.97 Å². The number of carbonyl (C=O) groups excluding carboxylic acids is 1. The van der Waals surface area contributed by atoms with Crippen LogP contribution >= 0.6 is 0 Å². The van der Waals surface area contributed by atoms with Crippen molar-refractivity contribution in [3.8, 4) is 0 Å². The average Bonchev–Trinajstić information content (AvgIpc) is 1.84. The van der Waals surface area contributed by atoms with Crippen LogP contribution < -0.4 is 0 Å². The maximum absolute atomic E-state index is 10.9. The van der Waals surface area contributed by atoms with Gasteiger partial charge in [-0.15, -0.1) is 0 Å². The maximum Gasteiger partial charge on any atom is 0.305 e. The van der Waals surface area contributed by atoms with Gasteiger partial charge in [-0.1, -0.05) is 6.92 Å². The Balaban J connectivity index is 0. The molecule has 0 aromatic carbocycles. The zero-order chi connectivity index (χ0) is 9.61. The summed E-state index contributed by atoms with van der Waals surface area (Å²) in [5.74, 6) is -0.0778. The van der Waals surface area contributed by atoms with Crippen LogP contribution in [0, 0.1) is 0 Å². The molecule has 0 radical (unpaired) electrons. The SMILES string of the molecule is CCCC(=O)OCC[N+](C)(C)C.[OH-]. The number of hydrogen-bond donors (Lipinski definition) is 0. The molecular weight excluding hydrogens is 170 g/mol. The molecule has 0 atom stereocenters. The van der Waals surface area contributed by atoms with Crippen molar-refractivity contribution in [1.29, 1.82) is 0 Å². The van der Waals surface area contributed by atoms with Crippen LogP contribution in [0.2, 0.25) is 0 Å². The van der Waals surface area contributed by atoms with Gasteiger partial charge in [-0.3, -0.25) is 4.79 Å². The van der Waals surface area contributed by atoms with Gasteiger partial charge in [0.15, 0.2) is 0 Å². The summed E-state index contributed by atoms with van der Waals surface area (Å²) in [6.07, 6.45) is 1.40. The molecule has 0 aliphatic carbocycles. The lowest BCUT2D eigenvalue weighted by Crippen LogP contribution is -2.37. The van der Waals surface area contributed by atoms with Crippen LogP contribution in [0.4, 0.5) is 0 Å². The number of ether oxygens (including phenoxy) is 1. The molecule has 0 heterocycles. The summed E-state index contributed by atoms with van der Waals surface area (Å²) in [7, 11) is 6.23. The van der Waals surface area contributed by atoms with Gasteiger partial charge in [0.25, 0.3) is 0 Å². The van der Waals surface area contributed by atoms with Crippen molar-refractivity contribution < 1.29 is 19.5 Å². The number of esters is 1. The number of rotatable bonds is 5. The Bertz CT molecular complexity index is 140. The molecule has 0 aromatic rings. The van der Waals surface area contributed by atoms with E-state index in [-0.39, 0.29) is 11.4 Å². The fourth-order valence-electron chi connectivity index (χ4n) is 0.710. The lowest BCUT2D eigenvalue weighted by Gasteiger charge is -2.23. The Morgan fingerprint density at radius 2 is 1.85 bits per heavy atom. The molecule has 4 nitrogen and oxygen atoms in total. The predicted molar refractivity (Wildman–Crippen MR) is 50.7 cm³/mol. The number of nitrogens with zero attached hydrogens (tertiary/aromatic N) is 1. The monoisotopic (exact) mass is 191 g/mol. The van der Waals surface area contributed by atoms with E-state index in [1.807, 2.05) is 6.92 Å². The highest BCUT2D eigenvalue weighted by Gasteiger charge is 2.08. The number of quaternary nitrogens is 1. The van der Waals surface area contributed by atoms with Gasteiger partial charge in [0.05, 0.1) is 21.1 Å². The van der Waals surface area contributed by atoms with E-state index in [1.165, 1.54) is 0 Å².